The van der Waals surface area contributed by atoms with Crippen molar-refractivity contribution in [1.82, 2.24) is 24.6 Å². The third kappa shape index (κ3) is 3.39. The third-order valence-electron chi connectivity index (χ3n) is 5.40. The molecule has 1 atom stereocenters. The Morgan fingerprint density at radius 2 is 1.83 bits per heavy atom. The lowest BCUT2D eigenvalue weighted by Gasteiger charge is -2.20. The summed E-state index contributed by atoms with van der Waals surface area (Å²) in [5.74, 6) is 0.909. The fourth-order valence-corrected chi connectivity index (χ4v) is 4.94. The lowest BCUT2D eigenvalue weighted by Crippen LogP contribution is -2.27. The number of thioether (sulfide) groups is 1. The van der Waals surface area contributed by atoms with Gasteiger partial charge in [-0.05, 0) is 24.5 Å². The van der Waals surface area contributed by atoms with E-state index < -0.39 is 0 Å². The van der Waals surface area contributed by atoms with Gasteiger partial charge in [0.2, 0.25) is 5.91 Å². The van der Waals surface area contributed by atoms with Crippen molar-refractivity contribution in [1.29, 1.82) is 0 Å². The van der Waals surface area contributed by atoms with Crippen LogP contribution in [0, 0.1) is 0 Å². The Balaban J connectivity index is 1.57. The summed E-state index contributed by atoms with van der Waals surface area (Å²) in [6.07, 6.45) is 4.22. The van der Waals surface area contributed by atoms with Crippen LogP contribution in [-0.2, 0) is 4.79 Å². The average Bonchev–Trinajstić information content (AvgIpc) is 3.38. The normalized spacial score (nSPS) is 14.7. The van der Waals surface area contributed by atoms with Gasteiger partial charge in [-0.25, -0.2) is 0 Å². The largest absolute Gasteiger partial charge is 0.360 e. The van der Waals surface area contributed by atoms with Crippen molar-refractivity contribution >= 4 is 28.6 Å². The van der Waals surface area contributed by atoms with Crippen LogP contribution in [0.5, 0.6) is 0 Å². The Labute approximate surface area is 179 Å². The van der Waals surface area contributed by atoms with E-state index in [9.17, 15) is 4.79 Å². The Morgan fingerprint density at radius 1 is 1.10 bits per heavy atom. The predicted octanol–water partition coefficient (Wildman–Crippen LogP) is 4.68. The molecule has 4 aromatic rings. The number of nitrogens with zero attached hydrogens (tertiary/aromatic N) is 4. The number of amides is 1. The number of hydrogen-bond donors (Lipinski definition) is 1. The molecule has 0 unspecified atom stereocenters. The van der Waals surface area contributed by atoms with E-state index in [1.165, 1.54) is 11.8 Å². The van der Waals surface area contributed by atoms with Crippen LogP contribution in [-0.4, -0.2) is 44.7 Å². The number of rotatable bonds is 6. The first kappa shape index (κ1) is 18.9. The van der Waals surface area contributed by atoms with Crippen LogP contribution in [0.1, 0.15) is 29.7 Å². The molecule has 0 aliphatic heterocycles. The molecular weight excluding hydrogens is 394 g/mol. The second-order valence-electron chi connectivity index (χ2n) is 7.80. The van der Waals surface area contributed by atoms with Gasteiger partial charge in [0.25, 0.3) is 0 Å². The van der Waals surface area contributed by atoms with Crippen LogP contribution in [0.25, 0.3) is 22.3 Å². The summed E-state index contributed by atoms with van der Waals surface area (Å²) in [6.45, 7) is 0. The molecule has 5 rings (SSSR count). The molecule has 2 heterocycles. The highest BCUT2D eigenvalue weighted by Crippen LogP contribution is 2.45. The molecule has 1 saturated carbocycles. The van der Waals surface area contributed by atoms with Crippen molar-refractivity contribution in [2.24, 2.45) is 0 Å². The molecule has 30 heavy (non-hydrogen) atoms. The van der Waals surface area contributed by atoms with Crippen LogP contribution in [0.3, 0.4) is 0 Å². The summed E-state index contributed by atoms with van der Waals surface area (Å²) < 4.78 is 2.22. The number of aromatic amines is 1. The lowest BCUT2D eigenvalue weighted by molar-refractivity contribution is -0.128. The molecule has 1 N–H and O–H groups in total. The van der Waals surface area contributed by atoms with Gasteiger partial charge in [-0.3, -0.25) is 9.36 Å². The Bertz CT molecular complexity index is 1190. The molecule has 7 heteroatoms. The van der Waals surface area contributed by atoms with E-state index in [1.807, 2.05) is 48.7 Å². The number of fused-ring (bicyclic) bond motifs is 1. The second-order valence-corrected chi connectivity index (χ2v) is 8.87. The minimum Gasteiger partial charge on any atom is -0.360 e. The first-order chi connectivity index (χ1) is 14.6. The number of para-hydroxylation sites is 1. The van der Waals surface area contributed by atoms with Gasteiger partial charge in [-0.1, -0.05) is 60.3 Å². The van der Waals surface area contributed by atoms with Gasteiger partial charge in [0.1, 0.15) is 5.25 Å². The molecule has 0 bridgehead atoms. The zero-order valence-corrected chi connectivity index (χ0v) is 17.8. The number of carbonyl (C=O) groups is 1. The number of aromatic nitrogens is 4. The Kier molecular flexibility index (Phi) is 4.83. The molecular formula is C23H23N5OS. The van der Waals surface area contributed by atoms with Gasteiger partial charge in [0, 0.05) is 42.8 Å². The maximum atomic E-state index is 13.0. The van der Waals surface area contributed by atoms with Crippen LogP contribution in [0.4, 0.5) is 0 Å². The van der Waals surface area contributed by atoms with Crippen molar-refractivity contribution in [3.63, 3.8) is 0 Å². The quantitative estimate of drug-likeness (QED) is 0.463. The van der Waals surface area contributed by atoms with E-state index >= 15 is 0 Å². The summed E-state index contributed by atoms with van der Waals surface area (Å²) in [4.78, 5) is 18.0. The van der Waals surface area contributed by atoms with Gasteiger partial charge >= 0.3 is 0 Å². The monoisotopic (exact) mass is 417 g/mol. The topological polar surface area (TPSA) is 66.8 Å². The smallest absolute Gasteiger partial charge is 0.240 e. The van der Waals surface area contributed by atoms with Crippen LogP contribution >= 0.6 is 11.8 Å². The highest BCUT2D eigenvalue weighted by atomic mass is 32.2. The number of hydrogen-bond acceptors (Lipinski definition) is 4. The molecule has 2 aromatic carbocycles. The first-order valence-corrected chi connectivity index (χ1v) is 11.0. The SMILES string of the molecule is CN(C)C(=O)[C@H](Sc1nnc(-c2c[nH]c3ccccc23)n1C1CC1)c1ccccc1. The van der Waals surface area contributed by atoms with Crippen molar-refractivity contribution in [2.75, 3.05) is 14.1 Å². The number of H-pyrrole nitrogens is 1. The van der Waals surface area contributed by atoms with Crippen molar-refractivity contribution in [2.45, 2.75) is 29.3 Å². The molecule has 1 aliphatic carbocycles. The maximum Gasteiger partial charge on any atom is 0.240 e. The highest BCUT2D eigenvalue weighted by molar-refractivity contribution is 8.00. The molecule has 0 spiro atoms. The van der Waals surface area contributed by atoms with Crippen molar-refractivity contribution in [3.05, 3.63) is 66.4 Å². The number of likely N-dealkylation sites (N-methyl/N-ethyl adjacent to an activating group) is 1. The van der Waals surface area contributed by atoms with Crippen LogP contribution in [0.15, 0.2) is 66.0 Å². The Hall–Kier alpha value is -3.06. The van der Waals surface area contributed by atoms with Crippen LogP contribution < -0.4 is 0 Å². The highest BCUT2D eigenvalue weighted by Gasteiger charge is 2.33. The zero-order valence-electron chi connectivity index (χ0n) is 16.9. The molecule has 1 fully saturated rings. The van der Waals surface area contributed by atoms with Gasteiger partial charge < -0.3 is 9.88 Å². The van der Waals surface area contributed by atoms with Gasteiger partial charge in [-0.15, -0.1) is 10.2 Å². The molecule has 0 saturated heterocycles. The summed E-state index contributed by atoms with van der Waals surface area (Å²) in [7, 11) is 3.59. The fourth-order valence-electron chi connectivity index (χ4n) is 3.69. The van der Waals surface area contributed by atoms with E-state index in [1.54, 1.807) is 19.0 Å². The molecule has 0 radical (unpaired) electrons. The number of nitrogens with one attached hydrogen (secondary N) is 1. The minimum absolute atomic E-state index is 0.0465. The average molecular weight is 418 g/mol. The second kappa shape index (κ2) is 7.65. The molecule has 1 amide bonds. The van der Waals surface area contributed by atoms with Gasteiger partial charge in [0.05, 0.1) is 0 Å². The standard InChI is InChI=1S/C23H23N5OS/c1-27(2)22(29)20(15-8-4-3-5-9-15)30-23-26-25-21(28(23)16-12-13-16)18-14-24-19-11-7-6-10-17(18)19/h3-11,14,16,20,24H,12-13H2,1-2H3/t20-/m1/s1. The zero-order chi connectivity index (χ0) is 20.7. The predicted molar refractivity (Wildman–Crippen MR) is 119 cm³/mol. The molecule has 2 aromatic heterocycles. The first-order valence-electron chi connectivity index (χ1n) is 10.1. The van der Waals surface area contributed by atoms with Crippen LogP contribution in [0.2, 0.25) is 0 Å². The Morgan fingerprint density at radius 3 is 2.57 bits per heavy atom. The van der Waals surface area contributed by atoms with E-state index in [-0.39, 0.29) is 11.2 Å². The fraction of sp³-hybridized carbons (Fsp3) is 0.261. The minimum atomic E-state index is -0.362. The van der Waals surface area contributed by atoms with Gasteiger partial charge in [-0.2, -0.15) is 0 Å². The molecule has 152 valence electrons. The number of benzene rings is 2. The van der Waals surface area contributed by atoms with Crippen molar-refractivity contribution < 1.29 is 4.79 Å². The molecule has 6 nitrogen and oxygen atoms in total. The number of carbonyl (C=O) groups excluding carboxylic acids is 1. The van der Waals surface area contributed by atoms with E-state index in [0.717, 1.165) is 45.9 Å². The summed E-state index contributed by atoms with van der Waals surface area (Å²) in [5.41, 5.74) is 3.10. The summed E-state index contributed by atoms with van der Waals surface area (Å²) >= 11 is 1.48. The van der Waals surface area contributed by atoms with E-state index in [2.05, 4.69) is 31.9 Å². The third-order valence-corrected chi connectivity index (χ3v) is 6.60. The molecule has 1 aliphatic rings. The summed E-state index contributed by atoms with van der Waals surface area (Å²) in [5, 5.41) is 10.7. The van der Waals surface area contributed by atoms with Gasteiger partial charge in [0.15, 0.2) is 11.0 Å². The lowest BCUT2D eigenvalue weighted by atomic mass is 10.1. The van der Waals surface area contributed by atoms with E-state index in [4.69, 9.17) is 0 Å². The van der Waals surface area contributed by atoms with E-state index in [0.29, 0.717) is 6.04 Å². The maximum absolute atomic E-state index is 13.0. The summed E-state index contributed by atoms with van der Waals surface area (Å²) in [6, 6.07) is 18.5. The van der Waals surface area contributed by atoms with Crippen molar-refractivity contribution in [3.8, 4) is 11.4 Å².